The lowest BCUT2D eigenvalue weighted by Crippen LogP contribution is -1.98. The van der Waals surface area contributed by atoms with E-state index < -0.39 is 0 Å². The fraction of sp³-hybridized carbons (Fsp3) is 0.300. The number of hydrogen-bond donors (Lipinski definition) is 1. The van der Waals surface area contributed by atoms with Crippen molar-refractivity contribution in [2.24, 2.45) is 0 Å². The van der Waals surface area contributed by atoms with Crippen LogP contribution in [0.2, 0.25) is 0 Å². The zero-order chi connectivity index (χ0) is 23.9. The summed E-state index contributed by atoms with van der Waals surface area (Å²) in [7, 11) is 0. The molecule has 170 valence electrons. The van der Waals surface area contributed by atoms with Crippen molar-refractivity contribution in [1.29, 1.82) is 0 Å². The summed E-state index contributed by atoms with van der Waals surface area (Å²) in [5.41, 5.74) is 7.08. The maximum absolute atomic E-state index is 11.9. The van der Waals surface area contributed by atoms with Gasteiger partial charge in [0.2, 0.25) is 0 Å². The van der Waals surface area contributed by atoms with Gasteiger partial charge in [0.1, 0.15) is 0 Å². The molecule has 0 radical (unpaired) electrons. The highest BCUT2D eigenvalue weighted by atomic mass is 32.1. The summed E-state index contributed by atoms with van der Waals surface area (Å²) >= 11 is 4.22. The Kier molecular flexibility index (Phi) is 13.1. The molecule has 32 heavy (non-hydrogen) atoms. The average molecular weight is 447 g/mol. The Balaban J connectivity index is 0.000000427. The number of aryl methyl sites for hydroxylation is 1. The fourth-order valence-corrected chi connectivity index (χ4v) is 3.31. The molecular formula is C30H38OS. The predicted octanol–water partition coefficient (Wildman–Crippen LogP) is 8.70. The number of hydrogen-bond acceptors (Lipinski definition) is 2. The smallest absolute Gasteiger partial charge is 0.162 e. The predicted molar refractivity (Wildman–Crippen MR) is 145 cm³/mol. The summed E-state index contributed by atoms with van der Waals surface area (Å²) < 4.78 is 0. The van der Waals surface area contributed by atoms with Crippen molar-refractivity contribution in [2.75, 3.05) is 0 Å². The van der Waals surface area contributed by atoms with Crippen LogP contribution >= 0.6 is 12.6 Å². The first-order valence-corrected chi connectivity index (χ1v) is 11.8. The summed E-state index contributed by atoms with van der Waals surface area (Å²) in [5, 5.41) is 0. The molecule has 2 heteroatoms. The van der Waals surface area contributed by atoms with Crippen LogP contribution < -0.4 is 0 Å². The maximum atomic E-state index is 11.9. The normalized spacial score (nSPS) is 12.9. The minimum absolute atomic E-state index is 0.128. The summed E-state index contributed by atoms with van der Waals surface area (Å²) in [6.07, 6.45) is 11.5. The van der Waals surface area contributed by atoms with Crippen LogP contribution in [-0.4, -0.2) is 5.78 Å². The molecule has 0 fully saturated rings. The Labute approximate surface area is 201 Å². The highest BCUT2D eigenvalue weighted by Gasteiger charge is 2.05. The van der Waals surface area contributed by atoms with Gasteiger partial charge < -0.3 is 0 Å². The van der Waals surface area contributed by atoms with E-state index in [2.05, 4.69) is 87.7 Å². The van der Waals surface area contributed by atoms with Gasteiger partial charge in [0, 0.05) is 6.42 Å². The molecule has 2 aromatic rings. The Morgan fingerprint density at radius 3 is 2.25 bits per heavy atom. The quantitative estimate of drug-likeness (QED) is 0.267. The largest absolute Gasteiger partial charge is 0.294 e. The van der Waals surface area contributed by atoms with Gasteiger partial charge in [-0.1, -0.05) is 86.2 Å². The zero-order valence-electron chi connectivity index (χ0n) is 20.3. The first kappa shape index (κ1) is 27.5. The third kappa shape index (κ3) is 10.2. The Morgan fingerprint density at radius 1 is 1.00 bits per heavy atom. The van der Waals surface area contributed by atoms with Crippen LogP contribution in [0.1, 0.15) is 69.2 Å². The number of Topliss-reactive ketones (excluding diaryl/α,β-unsaturated/α-hetero) is 1. The van der Waals surface area contributed by atoms with Gasteiger partial charge in [0.05, 0.1) is 0 Å². The second kappa shape index (κ2) is 15.3. The van der Waals surface area contributed by atoms with Gasteiger partial charge in [-0.3, -0.25) is 4.79 Å². The van der Waals surface area contributed by atoms with E-state index in [1.165, 1.54) is 33.6 Å². The fourth-order valence-electron chi connectivity index (χ4n) is 3.12. The van der Waals surface area contributed by atoms with Crippen LogP contribution in [-0.2, 0) is 11.2 Å². The number of rotatable bonds is 6. The molecule has 0 spiro atoms. The molecule has 0 aliphatic heterocycles. The van der Waals surface area contributed by atoms with E-state index in [-0.39, 0.29) is 5.78 Å². The van der Waals surface area contributed by atoms with Crippen molar-refractivity contribution in [3.8, 4) is 0 Å². The minimum Gasteiger partial charge on any atom is -0.294 e. The highest BCUT2D eigenvalue weighted by Crippen LogP contribution is 2.20. The van der Waals surface area contributed by atoms with Gasteiger partial charge in [0.25, 0.3) is 0 Å². The lowest BCUT2D eigenvalue weighted by Gasteiger charge is -2.07. The molecule has 0 saturated carbocycles. The van der Waals surface area contributed by atoms with Gasteiger partial charge in [-0.05, 0) is 78.8 Å². The van der Waals surface area contributed by atoms with Crippen LogP contribution in [0.4, 0.5) is 0 Å². The summed E-state index contributed by atoms with van der Waals surface area (Å²) in [5.74, 6) is 0.128. The Hall–Kier alpha value is -2.58. The molecule has 1 nitrogen and oxygen atoms in total. The molecule has 0 aromatic heterocycles. The van der Waals surface area contributed by atoms with Crippen LogP contribution in [0, 0.1) is 6.92 Å². The van der Waals surface area contributed by atoms with E-state index in [1.54, 1.807) is 6.08 Å². The summed E-state index contributed by atoms with van der Waals surface area (Å²) in [6.45, 7) is 13.7. The lowest BCUT2D eigenvalue weighted by molar-refractivity contribution is -0.114. The van der Waals surface area contributed by atoms with Crippen LogP contribution in [0.25, 0.3) is 6.08 Å². The van der Waals surface area contributed by atoms with E-state index in [0.717, 1.165) is 24.0 Å². The number of benzene rings is 2. The van der Waals surface area contributed by atoms with Gasteiger partial charge in [-0.15, -0.1) is 19.2 Å². The van der Waals surface area contributed by atoms with Crippen molar-refractivity contribution in [1.82, 2.24) is 0 Å². The van der Waals surface area contributed by atoms with Gasteiger partial charge in [0.15, 0.2) is 5.78 Å². The van der Waals surface area contributed by atoms with Crippen molar-refractivity contribution in [2.45, 2.75) is 60.3 Å². The van der Waals surface area contributed by atoms with Crippen LogP contribution in [0.5, 0.6) is 0 Å². The molecule has 0 atom stereocenters. The van der Waals surface area contributed by atoms with Crippen molar-refractivity contribution >= 4 is 24.5 Å². The first-order valence-electron chi connectivity index (χ1n) is 11.4. The number of ketones is 1. The molecule has 0 unspecified atom stereocenters. The van der Waals surface area contributed by atoms with Gasteiger partial charge in [-0.25, -0.2) is 0 Å². The van der Waals surface area contributed by atoms with E-state index in [4.69, 9.17) is 0 Å². The van der Waals surface area contributed by atoms with Crippen molar-refractivity contribution in [3.05, 3.63) is 112 Å². The molecule has 1 aliphatic carbocycles. The number of carbonyl (C=O) groups is 1. The molecule has 0 N–H and O–H groups in total. The molecule has 0 bridgehead atoms. The zero-order valence-corrected chi connectivity index (χ0v) is 21.2. The molecule has 2 aromatic carbocycles. The topological polar surface area (TPSA) is 17.1 Å². The molecular weight excluding hydrogens is 408 g/mol. The SMILES string of the molecule is C=CCC(=O)/C(C)=C/c1cc(Cc2ccccc2)ccc1C.CC.CC1=CC=C(S)CC1. The van der Waals surface area contributed by atoms with E-state index in [0.29, 0.717) is 6.42 Å². The second-order valence-corrected chi connectivity index (χ2v) is 8.34. The van der Waals surface area contributed by atoms with Crippen molar-refractivity contribution in [3.63, 3.8) is 0 Å². The standard InChI is InChI=1S/C21H22O.C7H10S.C2H6/c1-4-8-21(22)17(3)13-20-15-19(12-11-16(20)2)14-18-9-6-5-7-10-18;1-6-2-4-7(8)5-3-6;1-2/h4-7,9-13,15H,1,8,14H2,2-3H3;2,4,8H,3,5H2,1H3;1-2H3/b17-13+;;. The van der Waals surface area contributed by atoms with Gasteiger partial charge >= 0.3 is 0 Å². The Bertz CT molecular complexity index is 944. The number of allylic oxidation sites excluding steroid dienone is 6. The molecule has 1 aliphatic rings. The molecule has 0 saturated heterocycles. The molecule has 0 heterocycles. The summed E-state index contributed by atoms with van der Waals surface area (Å²) in [6, 6.07) is 16.9. The van der Waals surface area contributed by atoms with E-state index >= 15 is 0 Å². The second-order valence-electron chi connectivity index (χ2n) is 7.77. The van der Waals surface area contributed by atoms with Crippen LogP contribution in [0.15, 0.2) is 89.4 Å². The number of thiol groups is 1. The molecule has 0 amide bonds. The van der Waals surface area contributed by atoms with Crippen LogP contribution in [0.3, 0.4) is 0 Å². The van der Waals surface area contributed by atoms with E-state index in [9.17, 15) is 4.79 Å². The molecule has 3 rings (SSSR count). The Morgan fingerprint density at radius 2 is 1.69 bits per heavy atom. The lowest BCUT2D eigenvalue weighted by atomic mass is 9.97. The summed E-state index contributed by atoms with van der Waals surface area (Å²) in [4.78, 5) is 13.1. The maximum Gasteiger partial charge on any atom is 0.162 e. The third-order valence-electron chi connectivity index (χ3n) is 5.07. The van der Waals surface area contributed by atoms with Gasteiger partial charge in [-0.2, -0.15) is 0 Å². The minimum atomic E-state index is 0.128. The number of carbonyl (C=O) groups excluding carboxylic acids is 1. The first-order chi connectivity index (χ1) is 15.4. The average Bonchev–Trinajstić information content (AvgIpc) is 2.80. The monoisotopic (exact) mass is 446 g/mol. The highest BCUT2D eigenvalue weighted by molar-refractivity contribution is 7.84. The van der Waals surface area contributed by atoms with Crippen molar-refractivity contribution < 1.29 is 4.79 Å². The third-order valence-corrected chi connectivity index (χ3v) is 5.44. The van der Waals surface area contributed by atoms with E-state index in [1.807, 2.05) is 32.9 Å².